The summed E-state index contributed by atoms with van der Waals surface area (Å²) in [6.07, 6.45) is 1.52. The standard InChI is InChI=1S/C15H15N3O4/c1-15-6-3-7-17(15)13(20)18(12(15)19)9-4-5-10-11(8-9)22-14(21)16(10)2/h4-5,8H,3,6-7H2,1-2H3/t15-/m0/s1. The van der Waals surface area contributed by atoms with Crippen molar-refractivity contribution in [3.05, 3.63) is 28.7 Å². The number of imide groups is 1. The molecule has 2 aliphatic rings. The SMILES string of the molecule is Cn1c(=O)oc2cc(N3C(=O)N4CCC[C@@]4(C)C3=O)ccc21. The van der Waals surface area contributed by atoms with Gasteiger partial charge in [0.25, 0.3) is 5.91 Å². The highest BCUT2D eigenvalue weighted by atomic mass is 16.4. The molecule has 1 atom stereocenters. The fourth-order valence-electron chi connectivity index (χ4n) is 3.43. The number of aromatic nitrogens is 1. The number of carbonyl (C=O) groups excluding carboxylic acids is 2. The molecule has 7 heteroatoms. The zero-order valence-electron chi connectivity index (χ0n) is 12.3. The Kier molecular flexibility index (Phi) is 2.38. The van der Waals surface area contributed by atoms with E-state index in [4.69, 9.17) is 4.42 Å². The summed E-state index contributed by atoms with van der Waals surface area (Å²) in [6.45, 7) is 2.40. The molecule has 1 aromatic heterocycles. The molecule has 1 aromatic carbocycles. The van der Waals surface area contributed by atoms with Crippen LogP contribution in [0.3, 0.4) is 0 Å². The summed E-state index contributed by atoms with van der Waals surface area (Å²) >= 11 is 0. The molecule has 7 nitrogen and oxygen atoms in total. The van der Waals surface area contributed by atoms with Crippen LogP contribution in [-0.2, 0) is 11.8 Å². The summed E-state index contributed by atoms with van der Waals surface area (Å²) in [6, 6.07) is 4.61. The lowest BCUT2D eigenvalue weighted by molar-refractivity contribution is -0.123. The van der Waals surface area contributed by atoms with Crippen molar-refractivity contribution < 1.29 is 14.0 Å². The number of benzene rings is 1. The van der Waals surface area contributed by atoms with Crippen LogP contribution in [0, 0.1) is 0 Å². The molecule has 0 radical (unpaired) electrons. The first kappa shape index (κ1) is 13.1. The second-order valence-corrected chi connectivity index (χ2v) is 6.03. The van der Waals surface area contributed by atoms with Gasteiger partial charge in [-0.25, -0.2) is 14.5 Å². The highest BCUT2D eigenvalue weighted by molar-refractivity contribution is 6.23. The van der Waals surface area contributed by atoms with Crippen LogP contribution in [0.15, 0.2) is 27.4 Å². The van der Waals surface area contributed by atoms with Crippen LogP contribution in [0.25, 0.3) is 11.1 Å². The van der Waals surface area contributed by atoms with Crippen LogP contribution >= 0.6 is 0 Å². The summed E-state index contributed by atoms with van der Waals surface area (Å²) in [7, 11) is 1.61. The first-order chi connectivity index (χ1) is 10.4. The van der Waals surface area contributed by atoms with E-state index in [9.17, 15) is 14.4 Å². The van der Waals surface area contributed by atoms with E-state index in [1.807, 2.05) is 0 Å². The highest BCUT2D eigenvalue weighted by Crippen LogP contribution is 2.39. The monoisotopic (exact) mass is 301 g/mol. The van der Waals surface area contributed by atoms with Crippen LogP contribution in [0.1, 0.15) is 19.8 Å². The number of hydrogen-bond donors (Lipinski definition) is 0. The van der Waals surface area contributed by atoms with Crippen molar-refractivity contribution in [2.45, 2.75) is 25.3 Å². The van der Waals surface area contributed by atoms with Crippen molar-refractivity contribution >= 4 is 28.7 Å². The molecule has 3 heterocycles. The quantitative estimate of drug-likeness (QED) is 0.747. The van der Waals surface area contributed by atoms with Gasteiger partial charge < -0.3 is 9.32 Å². The minimum atomic E-state index is -0.746. The first-order valence-electron chi connectivity index (χ1n) is 7.19. The summed E-state index contributed by atoms with van der Waals surface area (Å²) in [5, 5.41) is 0. The van der Waals surface area contributed by atoms with Gasteiger partial charge in [0.15, 0.2) is 5.58 Å². The minimum absolute atomic E-state index is 0.215. The van der Waals surface area contributed by atoms with Crippen molar-refractivity contribution in [2.75, 3.05) is 11.4 Å². The van der Waals surface area contributed by atoms with Crippen LogP contribution < -0.4 is 10.7 Å². The molecular formula is C15H15N3O4. The molecule has 0 bridgehead atoms. The molecule has 114 valence electrons. The van der Waals surface area contributed by atoms with E-state index in [2.05, 4.69) is 0 Å². The molecule has 2 aromatic rings. The van der Waals surface area contributed by atoms with Crippen LogP contribution in [0.4, 0.5) is 10.5 Å². The average Bonchev–Trinajstić information content (AvgIpc) is 3.06. The predicted octanol–water partition coefficient (Wildman–Crippen LogP) is 1.45. The maximum absolute atomic E-state index is 12.7. The molecule has 0 spiro atoms. The smallest absolute Gasteiger partial charge is 0.408 e. The third-order valence-corrected chi connectivity index (χ3v) is 4.76. The van der Waals surface area contributed by atoms with E-state index in [-0.39, 0.29) is 11.9 Å². The van der Waals surface area contributed by atoms with E-state index in [0.29, 0.717) is 29.8 Å². The number of anilines is 1. The topological polar surface area (TPSA) is 75.8 Å². The number of fused-ring (bicyclic) bond motifs is 2. The number of amides is 3. The normalized spacial score (nSPS) is 24.6. The van der Waals surface area contributed by atoms with Gasteiger partial charge in [0.2, 0.25) is 0 Å². The van der Waals surface area contributed by atoms with E-state index in [1.54, 1.807) is 37.1 Å². The van der Waals surface area contributed by atoms with Crippen molar-refractivity contribution in [3.8, 4) is 0 Å². The molecule has 2 aliphatic heterocycles. The van der Waals surface area contributed by atoms with Crippen molar-refractivity contribution in [1.82, 2.24) is 9.47 Å². The summed E-state index contributed by atoms with van der Waals surface area (Å²) in [5.41, 5.74) is 0.679. The lowest BCUT2D eigenvalue weighted by Crippen LogP contribution is -2.41. The molecule has 3 amide bonds. The van der Waals surface area contributed by atoms with Crippen molar-refractivity contribution in [1.29, 1.82) is 0 Å². The van der Waals surface area contributed by atoms with Crippen LogP contribution in [0.2, 0.25) is 0 Å². The maximum Gasteiger partial charge on any atom is 0.419 e. The Morgan fingerprint density at radius 2 is 2.00 bits per heavy atom. The van der Waals surface area contributed by atoms with E-state index < -0.39 is 11.3 Å². The molecular weight excluding hydrogens is 286 g/mol. The zero-order chi connectivity index (χ0) is 15.6. The van der Waals surface area contributed by atoms with Crippen molar-refractivity contribution in [3.63, 3.8) is 0 Å². The number of hydrogen-bond acceptors (Lipinski definition) is 4. The summed E-state index contributed by atoms with van der Waals surface area (Å²) < 4.78 is 6.51. The Balaban J connectivity index is 1.84. The molecule has 0 unspecified atom stereocenters. The first-order valence-corrected chi connectivity index (χ1v) is 7.19. The Bertz CT molecular complexity index is 881. The van der Waals surface area contributed by atoms with Gasteiger partial charge in [0.05, 0.1) is 11.2 Å². The highest BCUT2D eigenvalue weighted by Gasteiger charge is 2.56. The number of carbonyl (C=O) groups is 2. The average molecular weight is 301 g/mol. The third kappa shape index (κ3) is 1.43. The van der Waals surface area contributed by atoms with Crippen molar-refractivity contribution in [2.24, 2.45) is 7.05 Å². The zero-order valence-corrected chi connectivity index (χ0v) is 12.3. The fraction of sp³-hybridized carbons (Fsp3) is 0.400. The molecule has 2 fully saturated rings. The molecule has 0 aliphatic carbocycles. The Labute approximate surface area is 125 Å². The van der Waals surface area contributed by atoms with Gasteiger partial charge in [-0.05, 0) is 31.9 Å². The number of rotatable bonds is 1. The molecule has 0 N–H and O–H groups in total. The molecule has 2 saturated heterocycles. The number of nitrogens with zero attached hydrogens (tertiary/aromatic N) is 3. The number of aryl methyl sites for hydroxylation is 1. The number of oxazole rings is 1. The van der Waals surface area contributed by atoms with E-state index in [1.165, 1.54) is 9.47 Å². The van der Waals surface area contributed by atoms with E-state index >= 15 is 0 Å². The fourth-order valence-corrected chi connectivity index (χ4v) is 3.43. The minimum Gasteiger partial charge on any atom is -0.408 e. The lowest BCUT2D eigenvalue weighted by Gasteiger charge is -2.22. The van der Waals surface area contributed by atoms with Gasteiger partial charge in [0.1, 0.15) is 5.54 Å². The Morgan fingerprint density at radius 3 is 2.73 bits per heavy atom. The van der Waals surface area contributed by atoms with Gasteiger partial charge in [-0.3, -0.25) is 9.36 Å². The summed E-state index contributed by atoms with van der Waals surface area (Å²) in [5.74, 6) is -0.688. The van der Waals surface area contributed by atoms with Gasteiger partial charge >= 0.3 is 11.8 Å². The van der Waals surface area contributed by atoms with Gasteiger partial charge in [-0.1, -0.05) is 0 Å². The molecule has 4 rings (SSSR count). The second-order valence-electron chi connectivity index (χ2n) is 6.03. The predicted molar refractivity (Wildman–Crippen MR) is 78.7 cm³/mol. The van der Waals surface area contributed by atoms with Gasteiger partial charge in [0, 0.05) is 19.7 Å². The van der Waals surface area contributed by atoms with Gasteiger partial charge in [-0.15, -0.1) is 0 Å². The Morgan fingerprint density at radius 1 is 1.23 bits per heavy atom. The molecule has 0 saturated carbocycles. The van der Waals surface area contributed by atoms with Gasteiger partial charge in [-0.2, -0.15) is 0 Å². The Hall–Kier alpha value is -2.57. The van der Waals surface area contributed by atoms with Crippen LogP contribution in [-0.4, -0.2) is 33.5 Å². The second kappa shape index (κ2) is 4.00. The van der Waals surface area contributed by atoms with Crippen LogP contribution in [0.5, 0.6) is 0 Å². The van der Waals surface area contributed by atoms with E-state index in [0.717, 1.165) is 6.42 Å². The lowest BCUT2D eigenvalue weighted by atomic mass is 9.99. The summed E-state index contributed by atoms with van der Waals surface area (Å²) in [4.78, 5) is 39.6. The third-order valence-electron chi connectivity index (χ3n) is 4.76. The largest absolute Gasteiger partial charge is 0.419 e. The number of urea groups is 1. The molecule has 22 heavy (non-hydrogen) atoms. The maximum atomic E-state index is 12.7.